The molecule has 1 aromatic heterocycles. The third kappa shape index (κ3) is 6.22. The number of carbonyl (C=O) groups excluding carboxylic acids is 1. The van der Waals surface area contributed by atoms with Crippen molar-refractivity contribution in [2.45, 2.75) is 26.8 Å². The molecule has 1 heterocycles. The average Bonchev–Trinajstić information content (AvgIpc) is 2.84. The van der Waals surface area contributed by atoms with Crippen molar-refractivity contribution in [3.63, 3.8) is 0 Å². The number of aromatic nitrogens is 1. The van der Waals surface area contributed by atoms with E-state index in [2.05, 4.69) is 29.4 Å². The predicted molar refractivity (Wildman–Crippen MR) is 142 cm³/mol. The summed E-state index contributed by atoms with van der Waals surface area (Å²) >= 11 is 5.98. The Bertz CT molecular complexity index is 1380. The summed E-state index contributed by atoms with van der Waals surface area (Å²) in [7, 11) is 0. The summed E-state index contributed by atoms with van der Waals surface area (Å²) in [6.45, 7) is 5.14. The lowest BCUT2D eigenvalue weighted by atomic mass is 10.1. The maximum Gasteiger partial charge on any atom is 0.322 e. The van der Waals surface area contributed by atoms with Crippen molar-refractivity contribution in [3.05, 3.63) is 105 Å². The molecule has 0 aliphatic rings. The van der Waals surface area contributed by atoms with Gasteiger partial charge in [-0.3, -0.25) is 4.79 Å². The predicted octanol–water partition coefficient (Wildman–Crippen LogP) is 6.17. The molecular weight excluding hydrogens is 462 g/mol. The van der Waals surface area contributed by atoms with Crippen LogP contribution >= 0.6 is 11.6 Å². The van der Waals surface area contributed by atoms with E-state index in [0.717, 1.165) is 27.8 Å². The quantitative estimate of drug-likeness (QED) is 0.311. The van der Waals surface area contributed by atoms with Crippen LogP contribution < -0.4 is 15.6 Å². The van der Waals surface area contributed by atoms with Crippen LogP contribution in [0.1, 0.15) is 23.6 Å². The first-order valence-electron chi connectivity index (χ1n) is 11.6. The van der Waals surface area contributed by atoms with E-state index in [4.69, 9.17) is 16.3 Å². The molecule has 0 spiro atoms. The molecule has 0 bridgehead atoms. The van der Waals surface area contributed by atoms with Gasteiger partial charge in [-0.25, -0.2) is 4.79 Å². The first-order chi connectivity index (χ1) is 16.9. The van der Waals surface area contributed by atoms with Gasteiger partial charge in [0.15, 0.2) is 0 Å². The number of hydrogen-bond acceptors (Lipinski definition) is 3. The van der Waals surface area contributed by atoms with Gasteiger partial charge in [0.05, 0.1) is 13.2 Å². The summed E-state index contributed by atoms with van der Waals surface area (Å²) in [5.41, 5.74) is 3.96. The summed E-state index contributed by atoms with van der Waals surface area (Å²) in [6, 6.07) is 22.1. The SMILES string of the molecule is CCOc1ccc2[nH]c(=O)c(CN(CCc3ccccc3C)C(=O)Nc3ccc(Cl)cc3)cc2c1. The van der Waals surface area contributed by atoms with Crippen molar-refractivity contribution in [3.8, 4) is 5.75 Å². The number of carbonyl (C=O) groups is 1. The summed E-state index contributed by atoms with van der Waals surface area (Å²) in [5, 5.41) is 4.36. The van der Waals surface area contributed by atoms with Crippen LogP contribution in [0.3, 0.4) is 0 Å². The van der Waals surface area contributed by atoms with Gasteiger partial charge in [0.25, 0.3) is 5.56 Å². The van der Waals surface area contributed by atoms with Gasteiger partial charge in [-0.15, -0.1) is 0 Å². The molecule has 35 heavy (non-hydrogen) atoms. The topological polar surface area (TPSA) is 74.4 Å². The Kier molecular flexibility index (Phi) is 7.73. The molecule has 180 valence electrons. The lowest BCUT2D eigenvalue weighted by Gasteiger charge is -2.24. The molecule has 4 rings (SSSR count). The second-order valence-corrected chi connectivity index (χ2v) is 8.78. The number of pyridine rings is 1. The largest absolute Gasteiger partial charge is 0.494 e. The van der Waals surface area contributed by atoms with Crippen molar-refractivity contribution in [2.24, 2.45) is 0 Å². The van der Waals surface area contributed by atoms with E-state index >= 15 is 0 Å². The Labute approximate surface area is 209 Å². The number of rotatable bonds is 8. The number of H-pyrrole nitrogens is 1. The maximum atomic E-state index is 13.3. The third-order valence-electron chi connectivity index (χ3n) is 5.86. The highest BCUT2D eigenvalue weighted by Crippen LogP contribution is 2.20. The number of hydrogen-bond donors (Lipinski definition) is 2. The Morgan fingerprint density at radius 2 is 1.80 bits per heavy atom. The van der Waals surface area contributed by atoms with E-state index in [1.165, 1.54) is 0 Å². The second kappa shape index (κ2) is 11.1. The summed E-state index contributed by atoms with van der Waals surface area (Å²) in [6.07, 6.45) is 0.667. The Morgan fingerprint density at radius 3 is 2.54 bits per heavy atom. The zero-order chi connectivity index (χ0) is 24.8. The Balaban J connectivity index is 1.61. The standard InChI is InChI=1S/C28H28ClN3O3/c1-3-35-25-12-13-26-21(17-25)16-22(27(33)31-26)18-32(15-14-20-7-5-4-6-19(20)2)28(34)30-24-10-8-23(29)9-11-24/h4-13,16-17H,3,14-15,18H2,1-2H3,(H,30,34)(H,31,33). The number of aromatic amines is 1. The highest BCUT2D eigenvalue weighted by atomic mass is 35.5. The van der Waals surface area contributed by atoms with Crippen molar-refractivity contribution < 1.29 is 9.53 Å². The lowest BCUT2D eigenvalue weighted by Crippen LogP contribution is -2.37. The number of anilines is 1. The Morgan fingerprint density at radius 1 is 1.03 bits per heavy atom. The zero-order valence-corrected chi connectivity index (χ0v) is 20.6. The fraction of sp³-hybridized carbons (Fsp3) is 0.214. The molecule has 0 aliphatic carbocycles. The van der Waals surface area contributed by atoms with Gasteiger partial charge in [-0.05, 0) is 79.9 Å². The summed E-state index contributed by atoms with van der Waals surface area (Å²) in [5.74, 6) is 0.731. The van der Waals surface area contributed by atoms with Crippen LogP contribution in [0, 0.1) is 6.92 Å². The summed E-state index contributed by atoms with van der Waals surface area (Å²) in [4.78, 5) is 30.7. The molecule has 0 aliphatic heterocycles. The minimum Gasteiger partial charge on any atom is -0.494 e. The van der Waals surface area contributed by atoms with E-state index in [9.17, 15) is 9.59 Å². The van der Waals surface area contributed by atoms with Gasteiger partial charge >= 0.3 is 6.03 Å². The molecule has 0 fully saturated rings. The van der Waals surface area contributed by atoms with Crippen molar-refractivity contribution >= 4 is 34.2 Å². The molecule has 0 unspecified atom stereocenters. The van der Waals surface area contributed by atoms with Gasteiger partial charge in [-0.1, -0.05) is 35.9 Å². The van der Waals surface area contributed by atoms with Crippen LogP contribution in [0.15, 0.2) is 77.6 Å². The molecule has 0 saturated carbocycles. The van der Waals surface area contributed by atoms with Gasteiger partial charge < -0.3 is 19.9 Å². The fourth-order valence-electron chi connectivity index (χ4n) is 3.94. The van der Waals surface area contributed by atoms with E-state index in [1.54, 1.807) is 29.2 Å². The van der Waals surface area contributed by atoms with Crippen LogP contribution in [-0.2, 0) is 13.0 Å². The smallest absolute Gasteiger partial charge is 0.322 e. The van der Waals surface area contributed by atoms with Crippen LogP contribution in [0.4, 0.5) is 10.5 Å². The van der Waals surface area contributed by atoms with Gasteiger partial charge in [0.1, 0.15) is 5.75 Å². The third-order valence-corrected chi connectivity index (χ3v) is 6.11. The monoisotopic (exact) mass is 489 g/mol. The van der Waals surface area contributed by atoms with Crippen molar-refractivity contribution in [1.82, 2.24) is 9.88 Å². The highest BCUT2D eigenvalue weighted by Gasteiger charge is 2.17. The molecule has 2 amide bonds. The molecule has 7 heteroatoms. The number of aryl methyl sites for hydroxylation is 1. The minimum absolute atomic E-state index is 0.162. The van der Waals surface area contributed by atoms with Crippen LogP contribution in [0.2, 0.25) is 5.02 Å². The molecule has 3 aromatic carbocycles. The van der Waals surface area contributed by atoms with E-state index in [0.29, 0.717) is 35.8 Å². The molecule has 4 aromatic rings. The second-order valence-electron chi connectivity index (χ2n) is 8.34. The number of ether oxygens (including phenoxy) is 1. The van der Waals surface area contributed by atoms with E-state index < -0.39 is 0 Å². The van der Waals surface area contributed by atoms with Crippen LogP contribution in [0.5, 0.6) is 5.75 Å². The van der Waals surface area contributed by atoms with Crippen molar-refractivity contribution in [1.29, 1.82) is 0 Å². The van der Waals surface area contributed by atoms with Crippen LogP contribution in [0.25, 0.3) is 10.9 Å². The zero-order valence-electron chi connectivity index (χ0n) is 19.8. The molecule has 0 saturated heterocycles. The molecule has 6 nitrogen and oxygen atoms in total. The number of halogens is 1. The number of nitrogens with one attached hydrogen (secondary N) is 2. The first-order valence-corrected chi connectivity index (χ1v) is 12.0. The average molecular weight is 490 g/mol. The number of nitrogens with zero attached hydrogens (tertiary/aromatic N) is 1. The lowest BCUT2D eigenvalue weighted by molar-refractivity contribution is 0.209. The highest BCUT2D eigenvalue weighted by molar-refractivity contribution is 6.30. The number of fused-ring (bicyclic) bond motifs is 1. The molecular formula is C28H28ClN3O3. The van der Waals surface area contributed by atoms with Crippen LogP contribution in [-0.4, -0.2) is 29.1 Å². The molecule has 0 radical (unpaired) electrons. The summed E-state index contributed by atoms with van der Waals surface area (Å²) < 4.78 is 5.60. The first kappa shape index (κ1) is 24.4. The number of benzene rings is 3. The number of urea groups is 1. The maximum absolute atomic E-state index is 13.3. The van der Waals surface area contributed by atoms with Crippen molar-refractivity contribution in [2.75, 3.05) is 18.5 Å². The van der Waals surface area contributed by atoms with E-state index in [-0.39, 0.29) is 18.1 Å². The fourth-order valence-corrected chi connectivity index (χ4v) is 4.07. The molecule has 2 N–H and O–H groups in total. The van der Waals surface area contributed by atoms with Gasteiger partial charge in [-0.2, -0.15) is 0 Å². The van der Waals surface area contributed by atoms with E-state index in [1.807, 2.05) is 43.3 Å². The number of amides is 2. The Hall–Kier alpha value is -3.77. The molecule has 0 atom stereocenters. The normalized spacial score (nSPS) is 10.8. The van der Waals surface area contributed by atoms with Gasteiger partial charge in [0, 0.05) is 33.7 Å². The van der Waals surface area contributed by atoms with Gasteiger partial charge in [0.2, 0.25) is 0 Å². The minimum atomic E-state index is -0.288.